The average Bonchev–Trinajstić information content (AvgIpc) is 2.52. The van der Waals surface area contributed by atoms with Gasteiger partial charge in [-0.2, -0.15) is 0 Å². The molecule has 0 aliphatic rings. The van der Waals surface area contributed by atoms with Crippen molar-refractivity contribution in [1.29, 1.82) is 0 Å². The van der Waals surface area contributed by atoms with Gasteiger partial charge in [-0.15, -0.1) is 11.3 Å². The van der Waals surface area contributed by atoms with Crippen molar-refractivity contribution in [2.75, 3.05) is 12.4 Å². The predicted molar refractivity (Wildman–Crippen MR) is 50.7 cm³/mol. The molecule has 5 nitrogen and oxygen atoms in total. The lowest BCUT2D eigenvalue weighted by molar-refractivity contribution is 0.114. The minimum atomic E-state index is -0.388. The van der Waals surface area contributed by atoms with Crippen LogP contribution in [0, 0.1) is 0 Å². The van der Waals surface area contributed by atoms with Crippen molar-refractivity contribution in [2.24, 2.45) is 0 Å². The molecule has 1 aromatic rings. The van der Waals surface area contributed by atoms with Crippen LogP contribution < -0.4 is 10.8 Å². The maximum Gasteiger partial charge on any atom is 0.343 e. The number of carbonyl (C=O) groups excluding carboxylic acids is 1. The highest BCUT2D eigenvalue weighted by atomic mass is 32.1. The fourth-order valence-corrected chi connectivity index (χ4v) is 1.61. The zero-order valence-corrected chi connectivity index (χ0v) is 8.27. The number of aromatic nitrogens is 1. The summed E-state index contributed by atoms with van der Waals surface area (Å²) in [7, 11) is 1.38. The largest absolute Gasteiger partial charge is 0.343 e. The number of thiazole rings is 1. The third-order valence-corrected chi connectivity index (χ3v) is 2.18. The van der Waals surface area contributed by atoms with E-state index in [2.05, 4.69) is 20.6 Å². The summed E-state index contributed by atoms with van der Waals surface area (Å²) < 4.78 is 0. The second-order valence-corrected chi connectivity index (χ2v) is 3.10. The van der Waals surface area contributed by atoms with Crippen LogP contribution in [0.1, 0.15) is 12.6 Å². The topological polar surface area (TPSA) is 63.2 Å². The SMILES string of the molecule is CCc1ncsc1NC(=O)NOC. The van der Waals surface area contributed by atoms with Crippen LogP contribution in [0.5, 0.6) is 0 Å². The van der Waals surface area contributed by atoms with Crippen LogP contribution in [0.3, 0.4) is 0 Å². The van der Waals surface area contributed by atoms with Gasteiger partial charge in [0.15, 0.2) is 0 Å². The first-order valence-electron chi connectivity index (χ1n) is 3.80. The number of nitrogens with zero attached hydrogens (tertiary/aromatic N) is 1. The van der Waals surface area contributed by atoms with Crippen molar-refractivity contribution in [2.45, 2.75) is 13.3 Å². The van der Waals surface area contributed by atoms with Gasteiger partial charge in [0.05, 0.1) is 18.3 Å². The van der Waals surface area contributed by atoms with Gasteiger partial charge in [0.1, 0.15) is 5.00 Å². The molecule has 1 heterocycles. The molecule has 0 fully saturated rings. The standard InChI is InChI=1S/C7H11N3O2S/c1-3-5-6(13-4-8-5)9-7(11)10-12-2/h4H,3H2,1-2H3,(H2,9,10,11). The van der Waals surface area contributed by atoms with E-state index in [9.17, 15) is 4.79 Å². The van der Waals surface area contributed by atoms with Crippen LogP contribution >= 0.6 is 11.3 Å². The van der Waals surface area contributed by atoms with E-state index in [4.69, 9.17) is 0 Å². The van der Waals surface area contributed by atoms with Gasteiger partial charge < -0.3 is 0 Å². The molecule has 72 valence electrons. The van der Waals surface area contributed by atoms with Crippen molar-refractivity contribution in [3.8, 4) is 0 Å². The van der Waals surface area contributed by atoms with Gasteiger partial charge in [-0.3, -0.25) is 10.2 Å². The molecule has 0 aliphatic carbocycles. The number of urea groups is 1. The monoisotopic (exact) mass is 201 g/mol. The lowest BCUT2D eigenvalue weighted by Gasteiger charge is -2.03. The first-order chi connectivity index (χ1) is 6.27. The summed E-state index contributed by atoms with van der Waals surface area (Å²) in [6.45, 7) is 1.98. The van der Waals surface area contributed by atoms with E-state index in [1.807, 2.05) is 6.92 Å². The molecule has 0 saturated heterocycles. The summed E-state index contributed by atoms with van der Waals surface area (Å²) in [6, 6.07) is -0.388. The Kier molecular flexibility index (Phi) is 3.66. The van der Waals surface area contributed by atoms with E-state index < -0.39 is 0 Å². The van der Waals surface area contributed by atoms with Crippen molar-refractivity contribution in [3.05, 3.63) is 11.2 Å². The Morgan fingerprint density at radius 1 is 1.77 bits per heavy atom. The molecule has 0 spiro atoms. The molecule has 0 bridgehead atoms. The van der Waals surface area contributed by atoms with Crippen LogP contribution in [0.4, 0.5) is 9.80 Å². The van der Waals surface area contributed by atoms with Gasteiger partial charge in [0, 0.05) is 0 Å². The Hall–Kier alpha value is -1.14. The Labute approximate surface area is 80.1 Å². The van der Waals surface area contributed by atoms with Crippen LogP contribution in [-0.4, -0.2) is 18.1 Å². The second-order valence-electron chi connectivity index (χ2n) is 2.24. The summed E-state index contributed by atoms with van der Waals surface area (Å²) in [5, 5.41) is 3.38. The number of amides is 2. The maximum atomic E-state index is 11.0. The number of hydrogen-bond donors (Lipinski definition) is 2. The summed E-state index contributed by atoms with van der Waals surface area (Å²) in [5.41, 5.74) is 4.75. The smallest absolute Gasteiger partial charge is 0.296 e. The maximum absolute atomic E-state index is 11.0. The molecule has 0 saturated carbocycles. The molecule has 0 unspecified atom stereocenters. The molecule has 2 N–H and O–H groups in total. The average molecular weight is 201 g/mol. The van der Waals surface area contributed by atoms with Crippen LogP contribution in [-0.2, 0) is 11.3 Å². The third kappa shape index (κ3) is 2.67. The normalized spacial score (nSPS) is 9.69. The Bertz CT molecular complexity index is 287. The summed E-state index contributed by atoms with van der Waals surface area (Å²) in [5.74, 6) is 0. The molecule has 0 atom stereocenters. The zero-order valence-electron chi connectivity index (χ0n) is 7.46. The molecule has 0 radical (unpaired) electrons. The van der Waals surface area contributed by atoms with E-state index in [-0.39, 0.29) is 6.03 Å². The van der Waals surface area contributed by atoms with E-state index in [0.717, 1.165) is 17.1 Å². The predicted octanol–water partition coefficient (Wildman–Crippen LogP) is 1.39. The van der Waals surface area contributed by atoms with Gasteiger partial charge in [0.2, 0.25) is 0 Å². The van der Waals surface area contributed by atoms with E-state index in [1.165, 1.54) is 18.4 Å². The van der Waals surface area contributed by atoms with Gasteiger partial charge in [-0.1, -0.05) is 6.92 Å². The molecule has 0 aliphatic heterocycles. The highest BCUT2D eigenvalue weighted by Crippen LogP contribution is 2.19. The summed E-state index contributed by atoms with van der Waals surface area (Å²) in [6.07, 6.45) is 0.798. The Morgan fingerprint density at radius 2 is 2.54 bits per heavy atom. The number of rotatable bonds is 3. The number of anilines is 1. The van der Waals surface area contributed by atoms with Crippen LogP contribution in [0.15, 0.2) is 5.51 Å². The molecule has 0 aromatic carbocycles. The fraction of sp³-hybridized carbons (Fsp3) is 0.429. The first-order valence-corrected chi connectivity index (χ1v) is 4.68. The Morgan fingerprint density at radius 3 is 3.15 bits per heavy atom. The zero-order chi connectivity index (χ0) is 9.68. The van der Waals surface area contributed by atoms with Gasteiger partial charge >= 0.3 is 6.03 Å². The van der Waals surface area contributed by atoms with Crippen LogP contribution in [0.2, 0.25) is 0 Å². The number of carbonyl (C=O) groups is 1. The van der Waals surface area contributed by atoms with Gasteiger partial charge in [-0.05, 0) is 6.42 Å². The quantitative estimate of drug-likeness (QED) is 0.726. The highest BCUT2D eigenvalue weighted by Gasteiger charge is 2.07. The van der Waals surface area contributed by atoms with Crippen molar-refractivity contribution in [1.82, 2.24) is 10.5 Å². The van der Waals surface area contributed by atoms with Gasteiger partial charge in [-0.25, -0.2) is 15.3 Å². The molecule has 1 aromatic heterocycles. The summed E-state index contributed by atoms with van der Waals surface area (Å²) in [4.78, 5) is 19.5. The van der Waals surface area contributed by atoms with E-state index >= 15 is 0 Å². The van der Waals surface area contributed by atoms with E-state index in [1.54, 1.807) is 5.51 Å². The van der Waals surface area contributed by atoms with Crippen molar-refractivity contribution in [3.63, 3.8) is 0 Å². The highest BCUT2D eigenvalue weighted by molar-refractivity contribution is 7.14. The lowest BCUT2D eigenvalue weighted by atomic mass is 10.3. The number of aryl methyl sites for hydroxylation is 1. The molecular formula is C7H11N3O2S. The molecular weight excluding hydrogens is 190 g/mol. The second kappa shape index (κ2) is 4.78. The van der Waals surface area contributed by atoms with Crippen molar-refractivity contribution < 1.29 is 9.63 Å². The summed E-state index contributed by atoms with van der Waals surface area (Å²) >= 11 is 1.39. The molecule has 2 amide bonds. The Balaban J connectivity index is 2.57. The minimum absolute atomic E-state index is 0.388. The number of nitrogens with one attached hydrogen (secondary N) is 2. The molecule has 1 rings (SSSR count). The molecule has 13 heavy (non-hydrogen) atoms. The number of hydrogen-bond acceptors (Lipinski definition) is 4. The van der Waals surface area contributed by atoms with Gasteiger partial charge in [0.25, 0.3) is 0 Å². The lowest BCUT2D eigenvalue weighted by Crippen LogP contribution is -2.27. The van der Waals surface area contributed by atoms with E-state index in [0.29, 0.717) is 0 Å². The first kappa shape index (κ1) is 9.94. The van der Waals surface area contributed by atoms with Crippen molar-refractivity contribution >= 4 is 22.4 Å². The molecule has 6 heteroatoms. The minimum Gasteiger partial charge on any atom is -0.296 e. The fourth-order valence-electron chi connectivity index (χ4n) is 0.844. The third-order valence-electron chi connectivity index (χ3n) is 1.40. The number of hydroxylamine groups is 1. The van der Waals surface area contributed by atoms with Crippen LogP contribution in [0.25, 0.3) is 0 Å².